The summed E-state index contributed by atoms with van der Waals surface area (Å²) in [5.74, 6) is 0.255. The molecule has 0 aromatic carbocycles. The van der Waals surface area contributed by atoms with Crippen molar-refractivity contribution in [2.24, 2.45) is 32.7 Å². The van der Waals surface area contributed by atoms with Crippen LogP contribution in [0.25, 0.3) is 0 Å². The van der Waals surface area contributed by atoms with Gasteiger partial charge in [-0.2, -0.15) is 0 Å². The number of rotatable bonds is 6. The van der Waals surface area contributed by atoms with Crippen LogP contribution in [0.2, 0.25) is 0 Å². The van der Waals surface area contributed by atoms with E-state index >= 15 is 0 Å². The number of fused-ring (bicyclic) bond motifs is 5. The molecule has 8 bridgehead atoms. The van der Waals surface area contributed by atoms with Crippen molar-refractivity contribution < 1.29 is 19.7 Å². The number of aliphatic hydroxyl groups excluding tert-OH is 1. The molecular weight excluding hydrogens is 612 g/mol. The molecule has 0 amide bonds. The van der Waals surface area contributed by atoms with Crippen LogP contribution in [0.1, 0.15) is 106 Å². The summed E-state index contributed by atoms with van der Waals surface area (Å²) >= 11 is 0. The van der Waals surface area contributed by atoms with E-state index in [1.165, 1.54) is 20.0 Å². The highest BCUT2D eigenvalue weighted by Crippen LogP contribution is 2.48. The maximum absolute atomic E-state index is 12.5. The van der Waals surface area contributed by atoms with E-state index in [2.05, 4.69) is 51.2 Å². The van der Waals surface area contributed by atoms with Crippen LogP contribution in [0.15, 0.2) is 106 Å². The predicted molar refractivity (Wildman–Crippen MR) is 195 cm³/mol. The Morgan fingerprint density at radius 2 is 1.67 bits per heavy atom. The number of aliphatic imine (C=N–C) groups is 3. The molecule has 7 rings (SSSR count). The fraction of sp³-hybridized carbons (Fsp3) is 0.512. The summed E-state index contributed by atoms with van der Waals surface area (Å²) in [6.07, 6.45) is 15.0. The number of allylic oxidation sites excluding steroid dienone is 11. The molecule has 3 N–H and O–H groups in total. The van der Waals surface area contributed by atoms with Gasteiger partial charge in [-0.1, -0.05) is 39.5 Å². The molecule has 7 aliphatic rings. The van der Waals surface area contributed by atoms with Crippen molar-refractivity contribution in [3.63, 3.8) is 0 Å². The van der Waals surface area contributed by atoms with Crippen LogP contribution in [0.4, 0.5) is 0 Å². The smallest absolute Gasteiger partial charge is 0.305 e. The van der Waals surface area contributed by atoms with E-state index in [9.17, 15) is 15.0 Å². The lowest BCUT2D eigenvalue weighted by atomic mass is 9.75. The lowest BCUT2D eigenvalue weighted by Crippen LogP contribution is -2.37. The van der Waals surface area contributed by atoms with Crippen molar-refractivity contribution in [1.29, 1.82) is 0 Å². The number of ether oxygens (including phenoxy) is 1. The number of hydrogen-bond donors (Lipinski definition) is 3. The molecule has 5 aliphatic heterocycles. The topological polar surface area (TPSA) is 116 Å². The third kappa shape index (κ3) is 5.56. The Bertz CT molecular complexity index is 1880. The molecule has 3 atom stereocenters. The second kappa shape index (κ2) is 12.7. The van der Waals surface area contributed by atoms with Crippen LogP contribution in [0.5, 0.6) is 0 Å². The van der Waals surface area contributed by atoms with Gasteiger partial charge in [0.05, 0.1) is 46.9 Å². The summed E-state index contributed by atoms with van der Waals surface area (Å²) in [5, 5.41) is 27.6. The standard InChI is InChI=1S/C41H50N4O4/c1-8-26-21(2)29-20-34-38(41(6,48)25-13-11-9-10-12-14-25)24(5)32(43-34)18-30-22(3)27(15-16-36(47)49-7)39(44-30)28-17-35(46)37-23(4)31(45-40(28)37)19-33(26)42-29/h18-20,22,25,27,44,46,48H,8-17H2,1-7H3/t22-,27-,41?/m0/s1. The van der Waals surface area contributed by atoms with E-state index in [-0.39, 0.29) is 30.1 Å². The van der Waals surface area contributed by atoms with Gasteiger partial charge in [-0.3, -0.25) is 4.79 Å². The van der Waals surface area contributed by atoms with Crippen molar-refractivity contribution in [3.05, 3.63) is 91.5 Å². The minimum absolute atomic E-state index is 0.0118. The second-order valence-corrected chi connectivity index (χ2v) is 14.9. The molecular formula is C41H50N4O4. The Morgan fingerprint density at radius 3 is 2.37 bits per heavy atom. The van der Waals surface area contributed by atoms with Crippen LogP contribution in [0.3, 0.4) is 0 Å². The molecule has 258 valence electrons. The molecule has 5 heterocycles. The van der Waals surface area contributed by atoms with Crippen LogP contribution >= 0.6 is 0 Å². The highest BCUT2D eigenvalue weighted by molar-refractivity contribution is 6.21. The second-order valence-electron chi connectivity index (χ2n) is 14.9. The number of carbonyl (C=O) groups excluding carboxylic acids is 1. The Hall–Kier alpha value is -4.04. The van der Waals surface area contributed by atoms with E-state index in [0.717, 1.165) is 117 Å². The van der Waals surface area contributed by atoms with Gasteiger partial charge in [0.2, 0.25) is 0 Å². The number of hydrogen-bond acceptors (Lipinski definition) is 8. The molecule has 2 aliphatic carbocycles. The molecule has 8 nitrogen and oxygen atoms in total. The van der Waals surface area contributed by atoms with Crippen molar-refractivity contribution in [2.75, 3.05) is 7.11 Å². The van der Waals surface area contributed by atoms with Gasteiger partial charge in [-0.05, 0) is 99.8 Å². The van der Waals surface area contributed by atoms with Gasteiger partial charge in [-0.15, -0.1) is 0 Å². The van der Waals surface area contributed by atoms with Crippen molar-refractivity contribution in [1.82, 2.24) is 5.32 Å². The molecule has 0 radical (unpaired) electrons. The molecule has 1 saturated carbocycles. The van der Waals surface area contributed by atoms with E-state index in [1.807, 2.05) is 13.8 Å². The highest BCUT2D eigenvalue weighted by Gasteiger charge is 2.44. The number of nitrogens with zero attached hydrogens (tertiary/aromatic N) is 3. The van der Waals surface area contributed by atoms with Gasteiger partial charge < -0.3 is 20.3 Å². The Morgan fingerprint density at radius 1 is 0.980 bits per heavy atom. The lowest BCUT2D eigenvalue weighted by Gasteiger charge is -2.35. The van der Waals surface area contributed by atoms with E-state index in [1.54, 1.807) is 0 Å². The predicted octanol–water partition coefficient (Wildman–Crippen LogP) is 8.33. The summed E-state index contributed by atoms with van der Waals surface area (Å²) in [5.41, 5.74) is 12.7. The normalized spacial score (nSPS) is 26.8. The lowest BCUT2D eigenvalue weighted by molar-refractivity contribution is -0.140. The summed E-state index contributed by atoms with van der Waals surface area (Å²) in [4.78, 5) is 28.0. The molecule has 0 aromatic rings. The van der Waals surface area contributed by atoms with E-state index in [4.69, 9.17) is 19.7 Å². The number of esters is 1. The monoisotopic (exact) mass is 662 g/mol. The van der Waals surface area contributed by atoms with E-state index in [0.29, 0.717) is 18.6 Å². The molecule has 1 unspecified atom stereocenters. The van der Waals surface area contributed by atoms with Crippen molar-refractivity contribution in [3.8, 4) is 0 Å². The maximum atomic E-state index is 12.5. The first-order chi connectivity index (χ1) is 23.4. The van der Waals surface area contributed by atoms with Crippen molar-refractivity contribution >= 4 is 23.1 Å². The third-order valence-electron chi connectivity index (χ3n) is 12.1. The average molecular weight is 663 g/mol. The summed E-state index contributed by atoms with van der Waals surface area (Å²) < 4.78 is 5.03. The maximum Gasteiger partial charge on any atom is 0.305 e. The minimum Gasteiger partial charge on any atom is -0.511 e. The Kier molecular flexibility index (Phi) is 8.66. The van der Waals surface area contributed by atoms with Gasteiger partial charge in [0.25, 0.3) is 0 Å². The van der Waals surface area contributed by atoms with Crippen LogP contribution in [0, 0.1) is 17.8 Å². The quantitative estimate of drug-likeness (QED) is 0.195. The largest absolute Gasteiger partial charge is 0.511 e. The fourth-order valence-corrected chi connectivity index (χ4v) is 9.16. The van der Waals surface area contributed by atoms with Crippen LogP contribution in [-0.2, 0) is 9.53 Å². The number of nitrogens with one attached hydrogen (secondary N) is 1. The zero-order valence-corrected chi connectivity index (χ0v) is 30.1. The van der Waals surface area contributed by atoms with Gasteiger partial charge in [0.1, 0.15) is 5.76 Å². The number of aliphatic hydroxyl groups is 2. The molecule has 1 saturated heterocycles. The first kappa shape index (κ1) is 33.5. The number of carbonyl (C=O) groups is 1. The molecule has 0 aromatic heterocycles. The fourth-order valence-electron chi connectivity index (χ4n) is 9.16. The summed E-state index contributed by atoms with van der Waals surface area (Å²) in [7, 11) is 1.43. The van der Waals surface area contributed by atoms with Crippen molar-refractivity contribution in [2.45, 2.75) is 111 Å². The van der Waals surface area contributed by atoms with Gasteiger partial charge in [0, 0.05) is 52.8 Å². The van der Waals surface area contributed by atoms with Gasteiger partial charge in [0.15, 0.2) is 0 Å². The van der Waals surface area contributed by atoms with Crippen LogP contribution in [-0.4, -0.2) is 46.0 Å². The first-order valence-corrected chi connectivity index (χ1v) is 18.2. The Labute approximate surface area is 290 Å². The third-order valence-corrected chi connectivity index (χ3v) is 12.1. The average Bonchev–Trinajstić information content (AvgIpc) is 3.75. The Balaban J connectivity index is 1.45. The first-order valence-electron chi connectivity index (χ1n) is 18.2. The SMILES string of the molecule is CCC1=C(C)C2=NC1=CC1=C(C)C3=C(O)CC(=C4NC(=CC5=NC(=C2)C(C(C)(O)C2CCCCCC2)=C5C)[C@@H](C)[C@@H]4CCC(=O)OC)C3=N1. The summed E-state index contributed by atoms with van der Waals surface area (Å²) in [6, 6.07) is 0. The minimum atomic E-state index is -1.05. The number of methoxy groups -OCH3 is 1. The zero-order valence-electron chi connectivity index (χ0n) is 30.1. The highest BCUT2D eigenvalue weighted by atomic mass is 16.5. The molecule has 2 fully saturated rings. The van der Waals surface area contributed by atoms with E-state index < -0.39 is 5.60 Å². The van der Waals surface area contributed by atoms with Gasteiger partial charge in [-0.25, -0.2) is 15.0 Å². The molecule has 0 spiro atoms. The molecule has 49 heavy (non-hydrogen) atoms. The van der Waals surface area contributed by atoms with Crippen LogP contribution < -0.4 is 5.32 Å². The summed E-state index contributed by atoms with van der Waals surface area (Å²) in [6.45, 7) is 12.6. The zero-order chi connectivity index (χ0) is 34.8. The molecule has 8 heteroatoms. The van der Waals surface area contributed by atoms with Gasteiger partial charge >= 0.3 is 5.97 Å².